The molecule has 1 fully saturated rings. The van der Waals surface area contributed by atoms with Crippen molar-refractivity contribution in [2.75, 3.05) is 26.2 Å². The van der Waals surface area contributed by atoms with Crippen molar-refractivity contribution in [1.82, 2.24) is 0 Å². The molecular formula is C17H27ClNO+. The summed E-state index contributed by atoms with van der Waals surface area (Å²) in [7, 11) is 0. The van der Waals surface area contributed by atoms with Crippen LogP contribution in [-0.2, 0) is 0 Å². The standard InChI is InChI=1S/C17H26ClNO/c1-15-14-16(8-9-17(15)18)20-13-7-3-6-12-19-10-4-2-5-11-19/h8-9,14H,2-7,10-13H2,1H3/p+1. The Balaban J connectivity index is 1.53. The SMILES string of the molecule is Cc1cc(OCCCCC[NH+]2CCCCC2)ccc1Cl. The summed E-state index contributed by atoms with van der Waals surface area (Å²) in [6.45, 7) is 6.95. The number of piperidine rings is 1. The molecule has 1 aromatic carbocycles. The Hall–Kier alpha value is -0.730. The van der Waals surface area contributed by atoms with Crippen LogP contribution in [0.5, 0.6) is 5.75 Å². The molecule has 20 heavy (non-hydrogen) atoms. The Morgan fingerprint density at radius 3 is 2.65 bits per heavy atom. The van der Waals surface area contributed by atoms with Crippen LogP contribution >= 0.6 is 11.6 Å². The third-order valence-corrected chi connectivity index (χ3v) is 4.56. The number of benzene rings is 1. The molecule has 0 bridgehead atoms. The molecule has 1 heterocycles. The number of likely N-dealkylation sites (tertiary alicyclic amines) is 1. The van der Waals surface area contributed by atoms with Gasteiger partial charge in [0.05, 0.1) is 26.2 Å². The molecule has 1 saturated heterocycles. The van der Waals surface area contributed by atoms with Crippen molar-refractivity contribution in [1.29, 1.82) is 0 Å². The number of rotatable bonds is 7. The minimum absolute atomic E-state index is 0.807. The largest absolute Gasteiger partial charge is 0.494 e. The van der Waals surface area contributed by atoms with Gasteiger partial charge in [0.2, 0.25) is 0 Å². The molecule has 112 valence electrons. The van der Waals surface area contributed by atoms with E-state index in [-0.39, 0.29) is 0 Å². The minimum atomic E-state index is 0.807. The Kier molecular flexibility index (Phi) is 6.68. The highest BCUT2D eigenvalue weighted by molar-refractivity contribution is 6.31. The molecule has 0 saturated carbocycles. The fourth-order valence-electron chi connectivity index (χ4n) is 2.85. The Labute approximate surface area is 128 Å². The van der Waals surface area contributed by atoms with Gasteiger partial charge < -0.3 is 9.64 Å². The maximum Gasteiger partial charge on any atom is 0.119 e. The van der Waals surface area contributed by atoms with Gasteiger partial charge in [0.25, 0.3) is 0 Å². The van der Waals surface area contributed by atoms with Crippen molar-refractivity contribution in [2.45, 2.75) is 45.4 Å². The molecule has 3 heteroatoms. The fourth-order valence-corrected chi connectivity index (χ4v) is 2.97. The van der Waals surface area contributed by atoms with Crippen LogP contribution < -0.4 is 9.64 Å². The van der Waals surface area contributed by atoms with Gasteiger partial charge >= 0.3 is 0 Å². The number of halogens is 1. The van der Waals surface area contributed by atoms with Crippen LogP contribution in [0.25, 0.3) is 0 Å². The third-order valence-electron chi connectivity index (χ3n) is 4.13. The number of unbranched alkanes of at least 4 members (excludes halogenated alkanes) is 2. The Bertz CT molecular complexity index is 402. The van der Waals surface area contributed by atoms with Gasteiger partial charge in [-0.1, -0.05) is 11.6 Å². The van der Waals surface area contributed by atoms with Gasteiger partial charge in [-0.2, -0.15) is 0 Å². The lowest BCUT2D eigenvalue weighted by Crippen LogP contribution is -3.12. The summed E-state index contributed by atoms with van der Waals surface area (Å²) in [6, 6.07) is 5.87. The second kappa shape index (κ2) is 8.53. The average Bonchev–Trinajstić information content (AvgIpc) is 2.47. The smallest absolute Gasteiger partial charge is 0.119 e. The van der Waals surface area contributed by atoms with Crippen molar-refractivity contribution >= 4 is 11.6 Å². The third kappa shape index (κ3) is 5.34. The van der Waals surface area contributed by atoms with Crippen LogP contribution in [0.3, 0.4) is 0 Å². The van der Waals surface area contributed by atoms with Gasteiger partial charge in [0.15, 0.2) is 0 Å². The zero-order valence-electron chi connectivity index (χ0n) is 12.6. The molecule has 1 aromatic rings. The second-order valence-corrected chi connectivity index (χ2v) is 6.29. The van der Waals surface area contributed by atoms with Crippen molar-refractivity contribution in [2.24, 2.45) is 0 Å². The Morgan fingerprint density at radius 1 is 1.10 bits per heavy atom. The predicted molar refractivity (Wildman–Crippen MR) is 84.9 cm³/mol. The minimum Gasteiger partial charge on any atom is -0.494 e. The first-order chi connectivity index (χ1) is 9.75. The monoisotopic (exact) mass is 296 g/mol. The van der Waals surface area contributed by atoms with Gasteiger partial charge in [0.1, 0.15) is 5.75 Å². The Morgan fingerprint density at radius 2 is 1.90 bits per heavy atom. The summed E-state index contributed by atoms with van der Waals surface area (Å²) >= 11 is 6.00. The van der Waals surface area contributed by atoms with Crippen molar-refractivity contribution in [3.8, 4) is 5.75 Å². The highest BCUT2D eigenvalue weighted by atomic mass is 35.5. The van der Waals surface area contributed by atoms with E-state index >= 15 is 0 Å². The molecule has 0 unspecified atom stereocenters. The van der Waals surface area contributed by atoms with Crippen LogP contribution in [0, 0.1) is 6.92 Å². The van der Waals surface area contributed by atoms with E-state index in [2.05, 4.69) is 0 Å². The molecule has 2 rings (SSSR count). The number of nitrogens with one attached hydrogen (secondary N) is 1. The first-order valence-electron chi connectivity index (χ1n) is 7.98. The summed E-state index contributed by atoms with van der Waals surface area (Å²) in [5.41, 5.74) is 1.08. The molecule has 0 amide bonds. The van der Waals surface area contributed by atoms with E-state index in [1.54, 1.807) is 0 Å². The molecule has 0 spiro atoms. The van der Waals surface area contributed by atoms with Gasteiger partial charge in [-0.3, -0.25) is 0 Å². The zero-order chi connectivity index (χ0) is 14.2. The highest BCUT2D eigenvalue weighted by Gasteiger charge is 2.12. The highest BCUT2D eigenvalue weighted by Crippen LogP contribution is 2.21. The molecule has 1 aliphatic heterocycles. The second-order valence-electron chi connectivity index (χ2n) is 5.88. The zero-order valence-corrected chi connectivity index (χ0v) is 13.3. The van der Waals surface area contributed by atoms with E-state index in [1.807, 2.05) is 30.0 Å². The molecule has 2 nitrogen and oxygen atoms in total. The molecule has 0 aliphatic carbocycles. The van der Waals surface area contributed by atoms with Crippen molar-refractivity contribution in [3.05, 3.63) is 28.8 Å². The molecule has 0 atom stereocenters. The van der Waals surface area contributed by atoms with E-state index in [1.165, 1.54) is 51.7 Å². The molecule has 1 aliphatic rings. The van der Waals surface area contributed by atoms with E-state index in [0.717, 1.165) is 29.4 Å². The van der Waals surface area contributed by atoms with E-state index in [4.69, 9.17) is 16.3 Å². The first kappa shape index (κ1) is 15.7. The predicted octanol–water partition coefficient (Wildman–Crippen LogP) is 3.27. The van der Waals surface area contributed by atoms with E-state index in [0.29, 0.717) is 0 Å². The van der Waals surface area contributed by atoms with Crippen molar-refractivity contribution in [3.63, 3.8) is 0 Å². The van der Waals surface area contributed by atoms with Gasteiger partial charge in [0, 0.05) is 5.02 Å². The van der Waals surface area contributed by atoms with Crippen LogP contribution in [0.4, 0.5) is 0 Å². The number of quaternary nitrogens is 1. The average molecular weight is 297 g/mol. The summed E-state index contributed by atoms with van der Waals surface area (Å²) in [5.74, 6) is 0.938. The molecule has 0 radical (unpaired) electrons. The van der Waals surface area contributed by atoms with E-state index < -0.39 is 0 Å². The lowest BCUT2D eigenvalue weighted by atomic mass is 10.1. The number of ether oxygens (including phenoxy) is 1. The molecular weight excluding hydrogens is 270 g/mol. The fraction of sp³-hybridized carbons (Fsp3) is 0.647. The summed E-state index contributed by atoms with van der Waals surface area (Å²) in [5, 5.41) is 0.807. The topological polar surface area (TPSA) is 13.7 Å². The number of hydrogen-bond donors (Lipinski definition) is 1. The van der Waals surface area contributed by atoms with Crippen LogP contribution in [0.1, 0.15) is 44.1 Å². The van der Waals surface area contributed by atoms with Crippen LogP contribution in [0.2, 0.25) is 5.02 Å². The first-order valence-corrected chi connectivity index (χ1v) is 8.36. The number of aryl methyl sites for hydroxylation is 1. The quantitative estimate of drug-likeness (QED) is 0.763. The van der Waals surface area contributed by atoms with Crippen LogP contribution in [0.15, 0.2) is 18.2 Å². The normalized spacial score (nSPS) is 16.3. The van der Waals surface area contributed by atoms with Crippen molar-refractivity contribution < 1.29 is 9.64 Å². The molecule has 0 aromatic heterocycles. The van der Waals surface area contributed by atoms with Gasteiger partial charge in [-0.15, -0.1) is 0 Å². The lowest BCUT2D eigenvalue weighted by Gasteiger charge is -2.23. The molecule has 1 N–H and O–H groups in total. The number of hydrogen-bond acceptors (Lipinski definition) is 1. The van der Waals surface area contributed by atoms with E-state index in [9.17, 15) is 0 Å². The maximum atomic E-state index is 6.00. The summed E-state index contributed by atoms with van der Waals surface area (Å²) in [6.07, 6.45) is 8.05. The maximum absolute atomic E-state index is 6.00. The van der Waals surface area contributed by atoms with Crippen LogP contribution in [-0.4, -0.2) is 26.2 Å². The van der Waals surface area contributed by atoms with Gasteiger partial charge in [-0.05, 0) is 69.2 Å². The van der Waals surface area contributed by atoms with Gasteiger partial charge in [-0.25, -0.2) is 0 Å². The summed E-state index contributed by atoms with van der Waals surface area (Å²) in [4.78, 5) is 1.81. The lowest BCUT2D eigenvalue weighted by molar-refractivity contribution is -0.905. The summed E-state index contributed by atoms with van der Waals surface area (Å²) < 4.78 is 5.77.